The molecule has 5 N–H and O–H groups in total. The highest BCUT2D eigenvalue weighted by Gasteiger charge is 2.29. The molecule has 0 saturated heterocycles. The molecular weight excluding hydrogens is 526 g/mol. The Morgan fingerprint density at radius 2 is 1.80 bits per heavy atom. The lowest BCUT2D eigenvalue weighted by Gasteiger charge is -2.24. The number of nitrogens with one attached hydrogen (secondary N) is 1. The summed E-state index contributed by atoms with van der Waals surface area (Å²) < 4.78 is 16.9. The highest BCUT2D eigenvalue weighted by molar-refractivity contribution is 5.93. The van der Waals surface area contributed by atoms with Gasteiger partial charge in [0.15, 0.2) is 5.65 Å². The first-order chi connectivity index (χ1) is 19.4. The van der Waals surface area contributed by atoms with Crippen molar-refractivity contribution in [1.29, 1.82) is 0 Å². The number of fused-ring (bicyclic) bond motifs is 1. The van der Waals surface area contributed by atoms with E-state index in [1.54, 1.807) is 27.0 Å². The Kier molecular flexibility index (Phi) is 8.99. The van der Waals surface area contributed by atoms with Crippen LogP contribution in [0.2, 0.25) is 0 Å². The number of benzene rings is 1. The third-order valence-corrected chi connectivity index (χ3v) is 6.82. The van der Waals surface area contributed by atoms with Crippen molar-refractivity contribution in [2.75, 3.05) is 30.0 Å². The van der Waals surface area contributed by atoms with Gasteiger partial charge in [0.05, 0.1) is 23.9 Å². The fourth-order valence-corrected chi connectivity index (χ4v) is 4.77. The van der Waals surface area contributed by atoms with Crippen LogP contribution >= 0.6 is 0 Å². The number of carbonyl (C=O) groups excluding carboxylic acids is 2. The predicted molar refractivity (Wildman–Crippen MR) is 157 cm³/mol. The first kappa shape index (κ1) is 29.6. The Labute approximate surface area is 239 Å². The summed E-state index contributed by atoms with van der Waals surface area (Å²) in [5.74, 6) is 0.500. The minimum atomic E-state index is -0.883. The van der Waals surface area contributed by atoms with Crippen LogP contribution in [0.25, 0.3) is 11.0 Å². The maximum atomic E-state index is 12.9. The van der Waals surface area contributed by atoms with Crippen LogP contribution in [-0.2, 0) is 14.3 Å². The molecule has 1 amide bonds. The zero-order chi connectivity index (χ0) is 29.7. The molecule has 2 aromatic heterocycles. The zero-order valence-corrected chi connectivity index (χ0v) is 24.3. The highest BCUT2D eigenvalue weighted by atomic mass is 16.6. The molecule has 1 aliphatic rings. The van der Waals surface area contributed by atoms with Crippen molar-refractivity contribution < 1.29 is 23.8 Å². The molecular formula is C29H39N7O5. The van der Waals surface area contributed by atoms with Crippen molar-refractivity contribution >= 4 is 46.2 Å². The normalized spacial score (nSPS) is 14.5. The summed E-state index contributed by atoms with van der Waals surface area (Å²) in [7, 11) is 1.92. The zero-order valence-electron chi connectivity index (χ0n) is 24.3. The molecule has 4 rings (SSSR count). The first-order valence-corrected chi connectivity index (χ1v) is 13.8. The van der Waals surface area contributed by atoms with Crippen LogP contribution in [0.4, 0.5) is 27.9 Å². The van der Waals surface area contributed by atoms with Crippen LogP contribution in [-0.4, -0.2) is 58.4 Å². The number of nitrogens with zero attached hydrogens (tertiary/aromatic N) is 4. The van der Waals surface area contributed by atoms with Crippen LogP contribution in [0.3, 0.4) is 0 Å². The highest BCUT2D eigenvalue weighted by Crippen LogP contribution is 2.33. The molecule has 12 heteroatoms. The van der Waals surface area contributed by atoms with Crippen molar-refractivity contribution in [3.8, 4) is 5.75 Å². The van der Waals surface area contributed by atoms with Gasteiger partial charge in [0.1, 0.15) is 29.3 Å². The van der Waals surface area contributed by atoms with Crippen molar-refractivity contribution in [2.24, 2.45) is 0 Å². The van der Waals surface area contributed by atoms with Crippen molar-refractivity contribution in [2.45, 2.75) is 77.5 Å². The summed E-state index contributed by atoms with van der Waals surface area (Å²) in [5, 5.41) is 3.30. The molecule has 1 aliphatic carbocycles. The van der Waals surface area contributed by atoms with Gasteiger partial charge in [-0.2, -0.15) is 9.97 Å². The minimum Gasteiger partial charge on any atom is -0.493 e. The van der Waals surface area contributed by atoms with E-state index in [-0.39, 0.29) is 30.9 Å². The Balaban J connectivity index is 1.39. The monoisotopic (exact) mass is 565 g/mol. The minimum absolute atomic E-state index is 0.0799. The third-order valence-electron chi connectivity index (χ3n) is 6.82. The fourth-order valence-electron chi connectivity index (χ4n) is 4.77. The molecule has 0 radical (unpaired) electrons. The second-order valence-corrected chi connectivity index (χ2v) is 11.2. The topological polar surface area (TPSA) is 168 Å². The lowest BCUT2D eigenvalue weighted by Crippen LogP contribution is -2.45. The molecule has 3 aromatic rings. The smallest absolute Gasteiger partial charge is 0.408 e. The van der Waals surface area contributed by atoms with Gasteiger partial charge in [-0.25, -0.2) is 14.6 Å². The number of amides is 1. The number of hydrogen-bond donors (Lipinski definition) is 3. The molecule has 0 unspecified atom stereocenters. The SMILES string of the molecule is Cc1c(N(C)c2ccc(OCC[C@H](NC(=O)OC(C)(C)C)C(=O)OC3CCCC3)cc2)cnc2nc(N)nc(N)c12. The maximum absolute atomic E-state index is 12.9. The summed E-state index contributed by atoms with van der Waals surface area (Å²) >= 11 is 0. The van der Waals surface area contributed by atoms with Gasteiger partial charge in [-0.1, -0.05) is 0 Å². The fraction of sp³-hybridized carbons (Fsp3) is 0.483. The number of aryl methyl sites for hydroxylation is 1. The molecule has 1 saturated carbocycles. The Bertz CT molecular complexity index is 1390. The number of aromatic nitrogens is 3. The molecule has 1 atom stereocenters. The molecule has 1 fully saturated rings. The van der Waals surface area contributed by atoms with Gasteiger partial charge in [0.2, 0.25) is 5.95 Å². The Morgan fingerprint density at radius 3 is 2.46 bits per heavy atom. The van der Waals surface area contributed by atoms with Gasteiger partial charge < -0.3 is 35.9 Å². The van der Waals surface area contributed by atoms with E-state index in [4.69, 9.17) is 25.7 Å². The largest absolute Gasteiger partial charge is 0.493 e. The van der Waals surface area contributed by atoms with Gasteiger partial charge >= 0.3 is 12.1 Å². The lowest BCUT2D eigenvalue weighted by molar-refractivity contribution is -0.151. The van der Waals surface area contributed by atoms with E-state index in [0.29, 0.717) is 16.8 Å². The molecule has 41 heavy (non-hydrogen) atoms. The van der Waals surface area contributed by atoms with E-state index < -0.39 is 23.7 Å². The number of alkyl carbamates (subject to hydrolysis) is 1. The van der Waals surface area contributed by atoms with E-state index in [1.807, 2.05) is 43.1 Å². The van der Waals surface area contributed by atoms with Crippen LogP contribution in [0.15, 0.2) is 30.5 Å². The summed E-state index contributed by atoms with van der Waals surface area (Å²) in [4.78, 5) is 39.9. The molecule has 1 aromatic carbocycles. The van der Waals surface area contributed by atoms with E-state index in [0.717, 1.165) is 42.6 Å². The quantitative estimate of drug-likeness (QED) is 0.314. The van der Waals surface area contributed by atoms with Gasteiger partial charge in [0, 0.05) is 19.2 Å². The Hall–Kier alpha value is -4.35. The maximum Gasteiger partial charge on any atom is 0.408 e. The van der Waals surface area contributed by atoms with E-state index in [1.165, 1.54) is 0 Å². The Morgan fingerprint density at radius 1 is 1.12 bits per heavy atom. The summed E-state index contributed by atoms with van der Waals surface area (Å²) in [5.41, 5.74) is 14.2. The number of anilines is 4. The molecule has 0 bridgehead atoms. The third kappa shape index (κ3) is 7.65. The van der Waals surface area contributed by atoms with Gasteiger partial charge in [-0.3, -0.25) is 0 Å². The molecule has 0 aliphatic heterocycles. The summed E-state index contributed by atoms with van der Waals surface area (Å²) in [6.07, 6.45) is 4.90. The number of esters is 1. The molecule has 220 valence electrons. The van der Waals surface area contributed by atoms with Gasteiger partial charge in [-0.15, -0.1) is 0 Å². The molecule has 0 spiro atoms. The van der Waals surface area contributed by atoms with Crippen LogP contribution in [0.5, 0.6) is 5.75 Å². The van der Waals surface area contributed by atoms with E-state index in [9.17, 15) is 9.59 Å². The summed E-state index contributed by atoms with van der Waals surface area (Å²) in [6.45, 7) is 7.41. The first-order valence-electron chi connectivity index (χ1n) is 13.8. The van der Waals surface area contributed by atoms with Gasteiger partial charge in [-0.05, 0) is 83.2 Å². The molecule has 2 heterocycles. The van der Waals surface area contributed by atoms with Crippen molar-refractivity contribution in [3.63, 3.8) is 0 Å². The second kappa shape index (κ2) is 12.4. The number of nitrogen functional groups attached to an aromatic ring is 2. The molecule has 12 nitrogen and oxygen atoms in total. The van der Waals surface area contributed by atoms with E-state index in [2.05, 4.69) is 20.3 Å². The predicted octanol–water partition coefficient (Wildman–Crippen LogP) is 4.41. The number of ether oxygens (including phenoxy) is 3. The van der Waals surface area contributed by atoms with Crippen LogP contribution in [0, 0.1) is 6.92 Å². The average molecular weight is 566 g/mol. The standard InChI is InChI=1S/C29H39N7O5/c1-17-22(16-32-25-23(17)24(30)34-27(31)35-25)36(5)18-10-12-19(13-11-18)39-15-14-21(33-28(38)41-29(2,3)4)26(37)40-20-8-6-7-9-20/h10-13,16,20-21H,6-9,14-15H2,1-5H3,(H,33,38)(H4,30,31,32,34,35)/t21-/m0/s1. The number of rotatable bonds is 9. The van der Waals surface area contributed by atoms with Crippen LogP contribution in [0.1, 0.15) is 58.4 Å². The van der Waals surface area contributed by atoms with E-state index >= 15 is 0 Å². The number of carbonyl (C=O) groups is 2. The van der Waals surface area contributed by atoms with Gasteiger partial charge in [0.25, 0.3) is 0 Å². The summed E-state index contributed by atoms with van der Waals surface area (Å²) in [6, 6.07) is 6.60. The second-order valence-electron chi connectivity index (χ2n) is 11.2. The number of hydrogen-bond acceptors (Lipinski definition) is 11. The average Bonchev–Trinajstić information content (AvgIpc) is 3.40. The number of nitrogens with two attached hydrogens (primary N) is 2. The van der Waals surface area contributed by atoms with Crippen LogP contribution < -0.4 is 26.4 Å². The van der Waals surface area contributed by atoms with Crippen molar-refractivity contribution in [3.05, 3.63) is 36.0 Å². The number of pyridine rings is 1. The lowest BCUT2D eigenvalue weighted by atomic mass is 10.1. The van der Waals surface area contributed by atoms with Crippen molar-refractivity contribution in [1.82, 2.24) is 20.3 Å².